The lowest BCUT2D eigenvalue weighted by Gasteiger charge is -2.43. The van der Waals surface area contributed by atoms with Crippen molar-refractivity contribution in [2.45, 2.75) is 86.0 Å². The smallest absolute Gasteiger partial charge is 0.0265 e. The molecule has 1 aliphatic carbocycles. The Morgan fingerprint density at radius 1 is 1.20 bits per heavy atom. The van der Waals surface area contributed by atoms with Crippen LogP contribution in [0.5, 0.6) is 0 Å². The van der Waals surface area contributed by atoms with Gasteiger partial charge in [-0.25, -0.2) is 0 Å². The third kappa shape index (κ3) is 5.62. The third-order valence-electron chi connectivity index (χ3n) is 5.90. The van der Waals surface area contributed by atoms with Crippen LogP contribution in [0.2, 0.25) is 0 Å². The van der Waals surface area contributed by atoms with Gasteiger partial charge in [0.15, 0.2) is 0 Å². The van der Waals surface area contributed by atoms with Gasteiger partial charge >= 0.3 is 0 Å². The van der Waals surface area contributed by atoms with Gasteiger partial charge in [-0.15, -0.1) is 6.58 Å². The Balaban J connectivity index is 2.28. The Morgan fingerprint density at radius 2 is 1.90 bits per heavy atom. The minimum Gasteiger partial charge on any atom is -0.103 e. The minimum atomic E-state index is 0.578. The molecule has 0 aromatic rings. The molecule has 0 spiro atoms. The second kappa shape index (κ2) is 8.25. The molecule has 1 rings (SSSR count). The first-order chi connectivity index (χ1) is 9.36. The van der Waals surface area contributed by atoms with E-state index in [1.807, 2.05) is 0 Å². The molecule has 0 nitrogen and oxygen atoms in total. The van der Waals surface area contributed by atoms with Crippen LogP contribution in [-0.2, 0) is 0 Å². The van der Waals surface area contributed by atoms with Gasteiger partial charge in [0.1, 0.15) is 0 Å². The molecule has 0 N–H and O–H groups in total. The Labute approximate surface area is 128 Å². The first-order valence-electron chi connectivity index (χ1n) is 8.99. The highest BCUT2D eigenvalue weighted by atomic mass is 14.4. The normalized spacial score (nSPS) is 28.9. The summed E-state index contributed by atoms with van der Waals surface area (Å²) in [5.41, 5.74) is 0.578. The summed E-state index contributed by atoms with van der Waals surface area (Å²) in [7, 11) is 0. The number of allylic oxidation sites excluding steroid dienone is 1. The van der Waals surface area contributed by atoms with Gasteiger partial charge in [-0.3, -0.25) is 0 Å². The van der Waals surface area contributed by atoms with Crippen molar-refractivity contribution < 1.29 is 0 Å². The topological polar surface area (TPSA) is 0 Å². The monoisotopic (exact) mass is 278 g/mol. The predicted octanol–water partition coefficient (Wildman–Crippen LogP) is 6.86. The van der Waals surface area contributed by atoms with E-state index in [1.165, 1.54) is 51.4 Å². The summed E-state index contributed by atoms with van der Waals surface area (Å²) in [6, 6.07) is 0. The molecule has 1 aliphatic rings. The molecular formula is C20H38. The van der Waals surface area contributed by atoms with Crippen LogP contribution in [-0.4, -0.2) is 0 Å². The van der Waals surface area contributed by atoms with Crippen LogP contribution in [0.4, 0.5) is 0 Å². The van der Waals surface area contributed by atoms with Gasteiger partial charge in [0.2, 0.25) is 0 Å². The summed E-state index contributed by atoms with van der Waals surface area (Å²) in [4.78, 5) is 0. The molecule has 0 saturated heterocycles. The first-order valence-corrected chi connectivity index (χ1v) is 8.99. The molecule has 4 unspecified atom stereocenters. The standard InChI is InChI=1S/C20H38/c1-7-16(2)10-8-11-17(3)13-14-19-18(4)12-9-15-20(19,5)6/h7,16-19H,1,8-15H2,2-6H3. The van der Waals surface area contributed by atoms with Gasteiger partial charge < -0.3 is 0 Å². The van der Waals surface area contributed by atoms with Crippen LogP contribution in [0.1, 0.15) is 86.0 Å². The number of hydrogen-bond donors (Lipinski definition) is 0. The van der Waals surface area contributed by atoms with Crippen molar-refractivity contribution in [2.24, 2.45) is 29.1 Å². The summed E-state index contributed by atoms with van der Waals surface area (Å²) in [6.07, 6.45) is 13.4. The van der Waals surface area contributed by atoms with Crippen molar-refractivity contribution in [1.82, 2.24) is 0 Å². The molecule has 0 bridgehead atoms. The SMILES string of the molecule is C=CC(C)CCCC(C)CCC1C(C)CCCC1(C)C. The minimum absolute atomic E-state index is 0.578. The van der Waals surface area contributed by atoms with Crippen molar-refractivity contribution in [3.63, 3.8) is 0 Å². The summed E-state index contributed by atoms with van der Waals surface area (Å²) >= 11 is 0. The maximum Gasteiger partial charge on any atom is -0.0265 e. The number of hydrogen-bond acceptors (Lipinski definition) is 0. The lowest BCUT2D eigenvalue weighted by atomic mass is 9.62. The molecule has 0 amide bonds. The van der Waals surface area contributed by atoms with E-state index in [1.54, 1.807) is 0 Å². The quantitative estimate of drug-likeness (QED) is 0.425. The maximum atomic E-state index is 3.88. The van der Waals surface area contributed by atoms with Gasteiger partial charge in [-0.1, -0.05) is 72.8 Å². The molecular weight excluding hydrogens is 240 g/mol. The summed E-state index contributed by atoms with van der Waals surface area (Å²) in [5, 5.41) is 0. The fourth-order valence-electron chi connectivity index (χ4n) is 4.23. The molecule has 1 saturated carbocycles. The molecule has 0 radical (unpaired) electrons. The molecule has 0 heteroatoms. The lowest BCUT2D eigenvalue weighted by molar-refractivity contribution is 0.0707. The average Bonchev–Trinajstić information content (AvgIpc) is 2.37. The number of rotatable bonds is 8. The molecule has 4 atom stereocenters. The molecule has 0 aliphatic heterocycles. The van der Waals surface area contributed by atoms with Gasteiger partial charge in [0.25, 0.3) is 0 Å². The highest BCUT2D eigenvalue weighted by Gasteiger charge is 2.36. The van der Waals surface area contributed by atoms with Crippen LogP contribution in [0.15, 0.2) is 12.7 Å². The predicted molar refractivity (Wildman–Crippen MR) is 91.9 cm³/mol. The van der Waals surface area contributed by atoms with E-state index in [0.717, 1.165) is 17.8 Å². The Hall–Kier alpha value is -0.260. The van der Waals surface area contributed by atoms with E-state index in [4.69, 9.17) is 0 Å². The molecule has 118 valence electrons. The molecule has 0 aromatic carbocycles. The largest absolute Gasteiger partial charge is 0.103 e. The fourth-order valence-corrected chi connectivity index (χ4v) is 4.23. The van der Waals surface area contributed by atoms with Crippen molar-refractivity contribution in [2.75, 3.05) is 0 Å². The second-order valence-electron chi connectivity index (χ2n) is 8.29. The van der Waals surface area contributed by atoms with Crippen LogP contribution in [0.3, 0.4) is 0 Å². The Kier molecular flexibility index (Phi) is 7.34. The van der Waals surface area contributed by atoms with Crippen LogP contribution >= 0.6 is 0 Å². The van der Waals surface area contributed by atoms with Crippen LogP contribution < -0.4 is 0 Å². The van der Waals surface area contributed by atoms with E-state index in [0.29, 0.717) is 11.3 Å². The molecule has 0 heterocycles. The Bertz CT molecular complexity index is 276. The van der Waals surface area contributed by atoms with E-state index in [-0.39, 0.29) is 0 Å². The van der Waals surface area contributed by atoms with Crippen LogP contribution in [0.25, 0.3) is 0 Å². The van der Waals surface area contributed by atoms with Gasteiger partial charge in [-0.05, 0) is 48.3 Å². The average molecular weight is 279 g/mol. The van der Waals surface area contributed by atoms with Crippen molar-refractivity contribution >= 4 is 0 Å². The summed E-state index contributed by atoms with van der Waals surface area (Å²) in [5.74, 6) is 3.48. The van der Waals surface area contributed by atoms with E-state index in [2.05, 4.69) is 47.3 Å². The molecule has 0 aromatic heterocycles. The van der Waals surface area contributed by atoms with Gasteiger partial charge in [0.05, 0.1) is 0 Å². The zero-order valence-electron chi connectivity index (χ0n) is 14.8. The van der Waals surface area contributed by atoms with Crippen molar-refractivity contribution in [3.8, 4) is 0 Å². The third-order valence-corrected chi connectivity index (χ3v) is 5.90. The highest BCUT2D eigenvalue weighted by molar-refractivity contribution is 4.86. The second-order valence-corrected chi connectivity index (χ2v) is 8.29. The zero-order valence-corrected chi connectivity index (χ0v) is 14.8. The van der Waals surface area contributed by atoms with Gasteiger partial charge in [0, 0.05) is 0 Å². The summed E-state index contributed by atoms with van der Waals surface area (Å²) < 4.78 is 0. The fraction of sp³-hybridized carbons (Fsp3) is 0.900. The zero-order chi connectivity index (χ0) is 15.2. The van der Waals surface area contributed by atoms with Crippen LogP contribution in [0, 0.1) is 29.1 Å². The van der Waals surface area contributed by atoms with E-state index in [9.17, 15) is 0 Å². The molecule has 20 heavy (non-hydrogen) atoms. The van der Waals surface area contributed by atoms with Crippen molar-refractivity contribution in [1.29, 1.82) is 0 Å². The maximum absolute atomic E-state index is 3.88. The van der Waals surface area contributed by atoms with E-state index >= 15 is 0 Å². The van der Waals surface area contributed by atoms with Gasteiger partial charge in [-0.2, -0.15) is 0 Å². The Morgan fingerprint density at radius 3 is 2.50 bits per heavy atom. The van der Waals surface area contributed by atoms with Crippen molar-refractivity contribution in [3.05, 3.63) is 12.7 Å². The highest BCUT2D eigenvalue weighted by Crippen LogP contribution is 2.46. The van der Waals surface area contributed by atoms with E-state index < -0.39 is 0 Å². The molecule has 1 fully saturated rings. The first kappa shape index (κ1) is 17.8. The lowest BCUT2D eigenvalue weighted by Crippen LogP contribution is -2.33. The summed E-state index contributed by atoms with van der Waals surface area (Å²) in [6.45, 7) is 16.1.